The van der Waals surface area contributed by atoms with Crippen LogP contribution in [0.3, 0.4) is 0 Å². The van der Waals surface area contributed by atoms with E-state index in [2.05, 4.69) is 0 Å². The minimum absolute atomic E-state index is 0.0136. The normalized spacial score (nSPS) is 14.9. The second-order valence-corrected chi connectivity index (χ2v) is 9.44. The monoisotopic (exact) mass is 528 g/mol. The van der Waals surface area contributed by atoms with Crippen molar-refractivity contribution in [2.24, 2.45) is 14.1 Å². The van der Waals surface area contributed by atoms with Crippen LogP contribution in [0.5, 0.6) is 23.0 Å². The lowest BCUT2D eigenvalue weighted by molar-refractivity contribution is -0.135. The molecule has 0 bridgehead atoms. The van der Waals surface area contributed by atoms with Crippen LogP contribution in [0.15, 0.2) is 62.7 Å². The van der Waals surface area contributed by atoms with Crippen molar-refractivity contribution in [3.63, 3.8) is 0 Å². The Hall–Kier alpha value is -4.99. The number of rotatable bonds is 4. The number of aromatic nitrogens is 2. The molecule has 1 aliphatic heterocycles. The van der Waals surface area contributed by atoms with Crippen molar-refractivity contribution in [3.05, 3.63) is 80.6 Å². The van der Waals surface area contributed by atoms with Gasteiger partial charge >= 0.3 is 11.7 Å². The Kier molecular flexibility index (Phi) is 5.49. The van der Waals surface area contributed by atoms with E-state index < -0.39 is 17.3 Å². The molecule has 198 valence electrons. The Morgan fingerprint density at radius 1 is 0.923 bits per heavy atom. The highest BCUT2D eigenvalue weighted by Crippen LogP contribution is 2.46. The number of carbonyl (C=O) groups excluding carboxylic acids is 1. The molecule has 2 aromatic heterocycles. The Labute approximate surface area is 221 Å². The van der Waals surface area contributed by atoms with E-state index in [0.29, 0.717) is 28.1 Å². The van der Waals surface area contributed by atoms with Gasteiger partial charge in [-0.3, -0.25) is 18.7 Å². The lowest BCUT2D eigenvalue weighted by Crippen LogP contribution is -2.22. The summed E-state index contributed by atoms with van der Waals surface area (Å²) in [7, 11) is 6.38. The van der Waals surface area contributed by atoms with E-state index in [0.717, 1.165) is 11.1 Å². The zero-order chi connectivity index (χ0) is 27.6. The topological polar surface area (TPSA) is 122 Å². The Bertz CT molecular complexity index is 1950. The quantitative estimate of drug-likeness (QED) is 0.276. The number of nitrogens with zero attached hydrogens (tertiary/aromatic N) is 2. The third kappa shape index (κ3) is 3.59. The highest BCUT2D eigenvalue weighted by molar-refractivity contribution is 5.94. The number of hydrogen-bond donors (Lipinski definition) is 1. The number of carbonyl (C=O) groups is 1. The summed E-state index contributed by atoms with van der Waals surface area (Å²) in [6.45, 7) is 0. The van der Waals surface area contributed by atoms with Crippen molar-refractivity contribution >= 4 is 28.0 Å². The summed E-state index contributed by atoms with van der Waals surface area (Å²) in [5, 5.41) is 10.8. The van der Waals surface area contributed by atoms with E-state index >= 15 is 0 Å². The van der Waals surface area contributed by atoms with Crippen LogP contribution in [0, 0.1) is 0 Å². The summed E-state index contributed by atoms with van der Waals surface area (Å²) in [4.78, 5) is 38.8. The summed E-state index contributed by atoms with van der Waals surface area (Å²) in [6, 6.07) is 11.8. The number of aromatic hydroxyl groups is 1. The fourth-order valence-corrected chi connectivity index (χ4v) is 5.36. The molecule has 3 aromatic carbocycles. The van der Waals surface area contributed by atoms with E-state index in [-0.39, 0.29) is 40.1 Å². The maximum atomic E-state index is 13.7. The highest BCUT2D eigenvalue weighted by Gasteiger charge is 2.34. The number of ether oxygens (including phenoxy) is 3. The number of benzene rings is 3. The number of hydrogen-bond acceptors (Lipinski definition) is 8. The van der Waals surface area contributed by atoms with Gasteiger partial charge in [-0.15, -0.1) is 0 Å². The smallest absolute Gasteiger partial charge is 0.328 e. The Balaban J connectivity index is 1.58. The van der Waals surface area contributed by atoms with Crippen molar-refractivity contribution in [2.75, 3.05) is 14.2 Å². The molecule has 1 aliphatic rings. The number of phenolic OH excluding ortho intramolecular Hbond substituents is 1. The zero-order valence-electron chi connectivity index (χ0n) is 21.6. The molecule has 10 nitrogen and oxygen atoms in total. The molecule has 0 amide bonds. The zero-order valence-corrected chi connectivity index (χ0v) is 21.6. The lowest BCUT2D eigenvalue weighted by Gasteiger charge is -2.26. The van der Waals surface area contributed by atoms with E-state index in [1.807, 2.05) is 18.2 Å². The van der Waals surface area contributed by atoms with Gasteiger partial charge in [-0.1, -0.05) is 12.1 Å². The van der Waals surface area contributed by atoms with Crippen LogP contribution in [0.1, 0.15) is 23.5 Å². The van der Waals surface area contributed by atoms with Gasteiger partial charge < -0.3 is 23.7 Å². The molecule has 1 N–H and O–H groups in total. The molecular formula is C29H24N2O8. The van der Waals surface area contributed by atoms with Crippen molar-refractivity contribution in [1.29, 1.82) is 0 Å². The molecule has 0 unspecified atom stereocenters. The van der Waals surface area contributed by atoms with Gasteiger partial charge in [-0.2, -0.15) is 0 Å². The molecule has 0 saturated carbocycles. The predicted octanol–water partition coefficient (Wildman–Crippen LogP) is 3.81. The first-order chi connectivity index (χ1) is 18.7. The Morgan fingerprint density at radius 2 is 1.67 bits per heavy atom. The number of phenols is 1. The molecule has 39 heavy (non-hydrogen) atoms. The average Bonchev–Trinajstić information content (AvgIpc) is 3.15. The average molecular weight is 529 g/mol. The molecule has 10 heteroatoms. The summed E-state index contributed by atoms with van der Waals surface area (Å²) in [5.74, 6) is -0.348. The molecule has 6 rings (SSSR count). The molecule has 0 saturated heterocycles. The fraction of sp³-hybridized carbons (Fsp3) is 0.207. The SMILES string of the molecule is COc1ccc(-c2coc3c4c(cc(O)c3c2=O)OC(=O)C[C@H]4c2ccc3c(c2)n(C)c(=O)n3C)cc1OC. The lowest BCUT2D eigenvalue weighted by atomic mass is 9.84. The van der Waals surface area contributed by atoms with Crippen molar-refractivity contribution in [3.8, 4) is 34.1 Å². The molecule has 0 aliphatic carbocycles. The van der Waals surface area contributed by atoms with Gasteiger partial charge in [0, 0.05) is 31.6 Å². The molecule has 0 fully saturated rings. The van der Waals surface area contributed by atoms with Gasteiger partial charge in [0.2, 0.25) is 5.43 Å². The van der Waals surface area contributed by atoms with Crippen molar-refractivity contribution < 1.29 is 28.5 Å². The molecule has 5 aromatic rings. The summed E-state index contributed by atoms with van der Waals surface area (Å²) >= 11 is 0. The van der Waals surface area contributed by atoms with E-state index in [9.17, 15) is 19.5 Å². The van der Waals surface area contributed by atoms with E-state index in [1.54, 1.807) is 36.9 Å². The summed E-state index contributed by atoms with van der Waals surface area (Å²) in [5.41, 5.74) is 2.86. The fourth-order valence-electron chi connectivity index (χ4n) is 5.36. The first-order valence-corrected chi connectivity index (χ1v) is 12.1. The number of esters is 1. The summed E-state index contributed by atoms with van der Waals surface area (Å²) in [6.07, 6.45) is 1.31. The van der Waals surface area contributed by atoms with Gasteiger partial charge in [0.1, 0.15) is 28.7 Å². The minimum Gasteiger partial charge on any atom is -0.507 e. The van der Waals surface area contributed by atoms with Crippen molar-refractivity contribution in [1.82, 2.24) is 9.13 Å². The highest BCUT2D eigenvalue weighted by atomic mass is 16.5. The van der Waals surface area contributed by atoms with E-state index in [4.69, 9.17) is 18.6 Å². The van der Waals surface area contributed by atoms with E-state index in [1.165, 1.54) is 31.1 Å². The maximum absolute atomic E-state index is 13.7. The number of imidazole rings is 1. The number of fused-ring (bicyclic) bond motifs is 4. The van der Waals surface area contributed by atoms with Gasteiger partial charge in [0.15, 0.2) is 11.5 Å². The van der Waals surface area contributed by atoms with Crippen LogP contribution >= 0.6 is 0 Å². The van der Waals surface area contributed by atoms with Gasteiger partial charge in [0.25, 0.3) is 0 Å². The van der Waals surface area contributed by atoms with Crippen molar-refractivity contribution in [2.45, 2.75) is 12.3 Å². The van der Waals surface area contributed by atoms with Gasteiger partial charge in [0.05, 0.1) is 37.2 Å². The second-order valence-electron chi connectivity index (χ2n) is 9.44. The predicted molar refractivity (Wildman–Crippen MR) is 143 cm³/mol. The number of methoxy groups -OCH3 is 2. The second kappa shape index (κ2) is 8.80. The Morgan fingerprint density at radius 3 is 2.41 bits per heavy atom. The number of aryl methyl sites for hydroxylation is 2. The van der Waals surface area contributed by atoms with Gasteiger partial charge in [-0.25, -0.2) is 4.79 Å². The van der Waals surface area contributed by atoms with Crippen LogP contribution in [0.25, 0.3) is 33.1 Å². The van der Waals surface area contributed by atoms with Gasteiger partial charge in [-0.05, 0) is 35.4 Å². The van der Waals surface area contributed by atoms with Crippen LogP contribution in [0.2, 0.25) is 0 Å². The van der Waals surface area contributed by atoms with Crippen LogP contribution in [0.4, 0.5) is 0 Å². The molecule has 0 spiro atoms. The van der Waals surface area contributed by atoms with Crippen LogP contribution < -0.4 is 25.3 Å². The molecule has 1 atom stereocenters. The van der Waals surface area contributed by atoms with Crippen LogP contribution in [-0.2, 0) is 18.9 Å². The molecule has 0 radical (unpaired) electrons. The largest absolute Gasteiger partial charge is 0.507 e. The minimum atomic E-state index is -0.542. The maximum Gasteiger partial charge on any atom is 0.328 e. The first-order valence-electron chi connectivity index (χ1n) is 12.1. The van der Waals surface area contributed by atoms with Crippen LogP contribution in [-0.4, -0.2) is 34.4 Å². The first kappa shape index (κ1) is 24.4. The molecular weight excluding hydrogens is 504 g/mol. The summed E-state index contributed by atoms with van der Waals surface area (Å²) < 4.78 is 25.2. The third-order valence-electron chi connectivity index (χ3n) is 7.36. The standard InChI is InChI=1S/C29H24N2O8/c1-30-18-7-5-14(9-19(18)31(2)29(30)35)16-11-24(33)39-23-12-20(32)26-27(34)17(13-38-28(26)25(16)23)15-6-8-21(36-3)22(10-15)37-4/h5-10,12-13,16,32H,11H2,1-4H3/t16-/m0/s1. The molecule has 3 heterocycles. The third-order valence-corrected chi connectivity index (χ3v) is 7.36.